The van der Waals surface area contributed by atoms with E-state index in [-0.39, 0.29) is 17.9 Å². The molecule has 0 aromatic heterocycles. The van der Waals surface area contributed by atoms with Gasteiger partial charge in [0.25, 0.3) is 0 Å². The number of ether oxygens (including phenoxy) is 2. The van der Waals surface area contributed by atoms with Crippen LogP contribution in [0, 0.1) is 28.9 Å². The molecule has 4 nitrogen and oxygen atoms in total. The topological polar surface area (TPSA) is 55.8 Å². The van der Waals surface area contributed by atoms with Crippen molar-refractivity contribution in [3.63, 3.8) is 0 Å². The summed E-state index contributed by atoms with van der Waals surface area (Å²) in [5.74, 6) is -2.40. The van der Waals surface area contributed by atoms with Crippen molar-refractivity contribution in [1.82, 2.24) is 0 Å². The smallest absolute Gasteiger partial charge is 0.309 e. The maximum Gasteiger partial charge on any atom is 0.309 e. The second-order valence-corrected chi connectivity index (χ2v) is 8.45. The van der Waals surface area contributed by atoms with E-state index in [1.807, 2.05) is 0 Å². The van der Waals surface area contributed by atoms with Gasteiger partial charge in [-0.3, -0.25) is 4.79 Å². The standard InChI is InChI=1S/C21H30F2O4/c1-13-5-7-15(8-6-13)12-26-16-9-10-17(19(23)18(16)22)27-14(2)11-21(3,4)20(24)25/h9-10,13-15H,5-8,11-12H2,1-4H3,(H,24,25). The molecule has 1 aromatic rings. The highest BCUT2D eigenvalue weighted by atomic mass is 19.2. The largest absolute Gasteiger partial charge is 0.490 e. The molecule has 0 bridgehead atoms. The number of carboxylic acid groups (broad SMARTS) is 1. The highest BCUT2D eigenvalue weighted by Gasteiger charge is 2.30. The quantitative estimate of drug-likeness (QED) is 0.649. The van der Waals surface area contributed by atoms with Crippen LogP contribution in [0.4, 0.5) is 8.78 Å². The summed E-state index contributed by atoms with van der Waals surface area (Å²) in [7, 11) is 0. The van der Waals surface area contributed by atoms with Crippen molar-refractivity contribution < 1.29 is 28.2 Å². The van der Waals surface area contributed by atoms with Crippen LogP contribution in [0.2, 0.25) is 0 Å². The van der Waals surface area contributed by atoms with Crippen LogP contribution >= 0.6 is 0 Å². The summed E-state index contributed by atoms with van der Waals surface area (Å²) >= 11 is 0. The molecular formula is C21H30F2O4. The zero-order chi connectivity index (χ0) is 20.2. The van der Waals surface area contributed by atoms with Crippen LogP contribution in [0.25, 0.3) is 0 Å². The first-order chi connectivity index (χ1) is 12.6. The average Bonchev–Trinajstić information content (AvgIpc) is 2.59. The van der Waals surface area contributed by atoms with Crippen LogP contribution in [0.5, 0.6) is 11.5 Å². The van der Waals surface area contributed by atoms with Crippen molar-refractivity contribution in [2.45, 2.75) is 65.9 Å². The Kier molecular flexibility index (Phi) is 7.06. The van der Waals surface area contributed by atoms with Crippen molar-refractivity contribution in [3.8, 4) is 11.5 Å². The molecule has 0 radical (unpaired) electrons. The lowest BCUT2D eigenvalue weighted by atomic mass is 9.83. The van der Waals surface area contributed by atoms with Gasteiger partial charge in [0.15, 0.2) is 11.5 Å². The molecular weight excluding hydrogens is 354 g/mol. The third-order valence-electron chi connectivity index (χ3n) is 5.33. The van der Waals surface area contributed by atoms with Crippen LogP contribution in [-0.4, -0.2) is 23.8 Å². The van der Waals surface area contributed by atoms with Gasteiger partial charge in [0, 0.05) is 0 Å². The lowest BCUT2D eigenvalue weighted by Crippen LogP contribution is -2.30. The molecule has 0 aliphatic heterocycles. The lowest BCUT2D eigenvalue weighted by molar-refractivity contribution is -0.148. The molecule has 27 heavy (non-hydrogen) atoms. The first-order valence-electron chi connectivity index (χ1n) is 9.61. The molecule has 1 unspecified atom stereocenters. The molecule has 0 spiro atoms. The first-order valence-corrected chi connectivity index (χ1v) is 9.61. The van der Waals surface area contributed by atoms with Crippen molar-refractivity contribution in [2.75, 3.05) is 6.61 Å². The predicted molar refractivity (Wildman–Crippen MR) is 99.1 cm³/mol. The third-order valence-corrected chi connectivity index (χ3v) is 5.33. The van der Waals surface area contributed by atoms with Gasteiger partial charge in [-0.25, -0.2) is 0 Å². The van der Waals surface area contributed by atoms with E-state index in [0.29, 0.717) is 12.5 Å². The number of halogens is 2. The Bertz CT molecular complexity index is 652. The minimum atomic E-state index is -1.11. The molecule has 152 valence electrons. The molecule has 2 rings (SSSR count). The Morgan fingerprint density at radius 3 is 2.33 bits per heavy atom. The number of rotatable bonds is 8. The Labute approximate surface area is 159 Å². The molecule has 0 amide bonds. The van der Waals surface area contributed by atoms with Gasteiger partial charge in [0.1, 0.15) is 0 Å². The monoisotopic (exact) mass is 384 g/mol. The predicted octanol–water partition coefficient (Wildman–Crippen LogP) is 5.44. The molecule has 1 N–H and O–H groups in total. The van der Waals surface area contributed by atoms with Crippen LogP contribution in [0.15, 0.2) is 12.1 Å². The summed E-state index contributed by atoms with van der Waals surface area (Å²) in [4.78, 5) is 11.2. The Morgan fingerprint density at radius 2 is 1.74 bits per heavy atom. The van der Waals surface area contributed by atoms with Crippen LogP contribution in [-0.2, 0) is 4.79 Å². The maximum absolute atomic E-state index is 14.3. The third kappa shape index (κ3) is 5.81. The number of hydrogen-bond acceptors (Lipinski definition) is 3. The Hall–Kier alpha value is -1.85. The van der Waals surface area contributed by atoms with Gasteiger partial charge in [-0.1, -0.05) is 19.8 Å². The molecule has 1 aliphatic rings. The average molecular weight is 384 g/mol. The van der Waals surface area contributed by atoms with Crippen LogP contribution in [0.1, 0.15) is 59.8 Å². The van der Waals surface area contributed by atoms with Crippen molar-refractivity contribution in [2.24, 2.45) is 17.3 Å². The zero-order valence-corrected chi connectivity index (χ0v) is 16.6. The molecule has 1 fully saturated rings. The molecule has 1 saturated carbocycles. The second kappa shape index (κ2) is 8.89. The van der Waals surface area contributed by atoms with E-state index in [2.05, 4.69) is 6.92 Å². The summed E-state index contributed by atoms with van der Waals surface area (Å²) in [6.45, 7) is 7.37. The molecule has 1 aromatic carbocycles. The second-order valence-electron chi connectivity index (χ2n) is 8.45. The summed E-state index contributed by atoms with van der Waals surface area (Å²) in [6.07, 6.45) is 3.96. The molecule has 1 atom stereocenters. The molecule has 6 heteroatoms. The van der Waals surface area contributed by atoms with Gasteiger partial charge in [-0.2, -0.15) is 8.78 Å². The van der Waals surface area contributed by atoms with Crippen molar-refractivity contribution in [1.29, 1.82) is 0 Å². The van der Waals surface area contributed by atoms with Gasteiger partial charge in [-0.15, -0.1) is 0 Å². The number of carbonyl (C=O) groups is 1. The van der Waals surface area contributed by atoms with E-state index in [1.165, 1.54) is 12.1 Å². The van der Waals surface area contributed by atoms with E-state index >= 15 is 0 Å². The summed E-state index contributed by atoms with van der Waals surface area (Å²) in [6, 6.07) is 2.70. The number of benzene rings is 1. The minimum absolute atomic E-state index is 0.114. The van der Waals surface area contributed by atoms with Gasteiger partial charge in [0.05, 0.1) is 18.1 Å². The van der Waals surface area contributed by atoms with Gasteiger partial charge in [0.2, 0.25) is 11.6 Å². The van der Waals surface area contributed by atoms with E-state index in [1.54, 1.807) is 20.8 Å². The summed E-state index contributed by atoms with van der Waals surface area (Å²) in [5.41, 5.74) is -1.02. The zero-order valence-electron chi connectivity index (χ0n) is 16.6. The lowest BCUT2D eigenvalue weighted by Gasteiger charge is -2.26. The first kappa shape index (κ1) is 21.5. The van der Waals surface area contributed by atoms with Crippen molar-refractivity contribution >= 4 is 5.97 Å². The van der Waals surface area contributed by atoms with E-state index in [4.69, 9.17) is 14.6 Å². The van der Waals surface area contributed by atoms with Gasteiger partial charge < -0.3 is 14.6 Å². The Morgan fingerprint density at radius 1 is 1.19 bits per heavy atom. The molecule has 1 aliphatic carbocycles. The van der Waals surface area contributed by atoms with E-state index in [0.717, 1.165) is 31.6 Å². The van der Waals surface area contributed by atoms with Crippen LogP contribution in [0.3, 0.4) is 0 Å². The number of aliphatic carboxylic acids is 1. The SMILES string of the molecule is CC1CCC(COc2ccc(OC(C)CC(C)(C)C(=O)O)c(F)c2F)CC1. The normalized spacial score (nSPS) is 21.6. The summed E-state index contributed by atoms with van der Waals surface area (Å²) in [5, 5.41) is 9.17. The fourth-order valence-electron chi connectivity index (χ4n) is 3.48. The fraction of sp³-hybridized carbons (Fsp3) is 0.667. The Balaban J connectivity index is 1.96. The van der Waals surface area contributed by atoms with Crippen molar-refractivity contribution in [3.05, 3.63) is 23.8 Å². The van der Waals surface area contributed by atoms with Gasteiger partial charge in [-0.05, 0) is 64.0 Å². The summed E-state index contributed by atoms with van der Waals surface area (Å²) < 4.78 is 39.6. The molecule has 0 heterocycles. The van der Waals surface area contributed by atoms with Crippen LogP contribution < -0.4 is 9.47 Å². The number of hydrogen-bond donors (Lipinski definition) is 1. The number of carboxylic acids is 1. The van der Waals surface area contributed by atoms with E-state index in [9.17, 15) is 13.6 Å². The fourth-order valence-corrected chi connectivity index (χ4v) is 3.48. The maximum atomic E-state index is 14.3. The van der Waals surface area contributed by atoms with E-state index < -0.39 is 29.1 Å². The minimum Gasteiger partial charge on any atom is -0.490 e. The molecule has 0 saturated heterocycles. The highest BCUT2D eigenvalue weighted by molar-refractivity contribution is 5.73. The van der Waals surface area contributed by atoms with Gasteiger partial charge >= 0.3 is 5.97 Å². The highest BCUT2D eigenvalue weighted by Crippen LogP contribution is 2.32.